The van der Waals surface area contributed by atoms with Gasteiger partial charge < -0.3 is 10.1 Å². The van der Waals surface area contributed by atoms with Gasteiger partial charge in [0.2, 0.25) is 0 Å². The number of amides is 1. The summed E-state index contributed by atoms with van der Waals surface area (Å²) in [5, 5.41) is 2.60. The van der Waals surface area contributed by atoms with E-state index in [1.807, 2.05) is 13.8 Å². The lowest BCUT2D eigenvalue weighted by Crippen LogP contribution is -2.42. The van der Waals surface area contributed by atoms with Crippen LogP contribution in [0.4, 0.5) is 5.69 Å². The van der Waals surface area contributed by atoms with E-state index in [2.05, 4.69) is 5.32 Å². The fourth-order valence-corrected chi connectivity index (χ4v) is 4.53. The van der Waals surface area contributed by atoms with Crippen LogP contribution in [0.2, 0.25) is 5.02 Å². The lowest BCUT2D eigenvalue weighted by atomic mass is 10.0. The maximum atomic E-state index is 13.1. The zero-order chi connectivity index (χ0) is 22.5. The van der Waals surface area contributed by atoms with Crippen LogP contribution >= 0.6 is 11.6 Å². The highest BCUT2D eigenvalue weighted by Crippen LogP contribution is 2.28. The van der Waals surface area contributed by atoms with Crippen molar-refractivity contribution >= 4 is 39.2 Å². The predicted octanol–water partition coefficient (Wildman–Crippen LogP) is 3.48. The van der Waals surface area contributed by atoms with Crippen molar-refractivity contribution in [1.82, 2.24) is 5.32 Å². The van der Waals surface area contributed by atoms with Gasteiger partial charge in [-0.05, 0) is 42.7 Å². The zero-order valence-corrected chi connectivity index (χ0v) is 18.8. The van der Waals surface area contributed by atoms with E-state index in [-0.39, 0.29) is 21.4 Å². The molecule has 0 unspecified atom stereocenters. The van der Waals surface area contributed by atoms with Gasteiger partial charge in [-0.2, -0.15) is 0 Å². The van der Waals surface area contributed by atoms with Crippen molar-refractivity contribution in [3.63, 3.8) is 0 Å². The van der Waals surface area contributed by atoms with Gasteiger partial charge in [-0.1, -0.05) is 43.6 Å². The number of sulfonamides is 1. The Hall–Kier alpha value is -2.58. The van der Waals surface area contributed by atoms with Gasteiger partial charge in [0.25, 0.3) is 15.9 Å². The molecule has 1 atom stereocenters. The molecule has 2 rings (SSSR count). The Bertz CT molecular complexity index is 1010. The molecule has 0 fully saturated rings. The van der Waals surface area contributed by atoms with E-state index in [9.17, 15) is 18.0 Å². The molecule has 0 aliphatic heterocycles. The molecule has 0 aromatic heterocycles. The Morgan fingerprint density at radius 2 is 1.77 bits per heavy atom. The molecule has 162 valence electrons. The van der Waals surface area contributed by atoms with Gasteiger partial charge in [0, 0.05) is 12.6 Å². The zero-order valence-electron chi connectivity index (χ0n) is 17.3. The summed E-state index contributed by atoms with van der Waals surface area (Å²) in [6.45, 7) is 3.82. The molecule has 1 amide bonds. The molecule has 2 aromatic carbocycles. The molecule has 0 bridgehead atoms. The quantitative estimate of drug-likeness (QED) is 0.619. The van der Waals surface area contributed by atoms with Crippen molar-refractivity contribution in [2.24, 2.45) is 5.92 Å². The number of anilines is 1. The molecule has 0 aliphatic carbocycles. The summed E-state index contributed by atoms with van der Waals surface area (Å²) < 4.78 is 32.0. The molecule has 7 nitrogen and oxygen atoms in total. The van der Waals surface area contributed by atoms with Crippen LogP contribution < -0.4 is 9.62 Å². The average Bonchev–Trinajstić information content (AvgIpc) is 2.72. The summed E-state index contributed by atoms with van der Waals surface area (Å²) in [6.07, 6.45) is 0.383. The van der Waals surface area contributed by atoms with Gasteiger partial charge in [0.1, 0.15) is 10.9 Å². The first-order valence-corrected chi connectivity index (χ1v) is 11.1. The third kappa shape index (κ3) is 5.52. The topological polar surface area (TPSA) is 92.8 Å². The fraction of sp³-hybridized carbons (Fsp3) is 0.333. The molecule has 9 heteroatoms. The molecular weight excluding hydrogens is 428 g/mol. The van der Waals surface area contributed by atoms with Crippen LogP contribution in [0.15, 0.2) is 53.4 Å². The first kappa shape index (κ1) is 23.7. The standard InChI is InChI=1S/C21H25ClN2O5S/c1-14(2)12-18(21(26)29-4)23-20(25)15-10-11-17(22)19(13-15)30(27,28)24(3)16-8-6-5-7-9-16/h5-11,13-14,18H,12H2,1-4H3,(H,23,25)/t18-/m0/s1. The smallest absolute Gasteiger partial charge is 0.328 e. The number of benzene rings is 2. The minimum atomic E-state index is -4.02. The van der Waals surface area contributed by atoms with E-state index in [1.54, 1.807) is 30.3 Å². The number of esters is 1. The lowest BCUT2D eigenvalue weighted by molar-refractivity contribution is -0.143. The van der Waals surface area contributed by atoms with Crippen molar-refractivity contribution < 1.29 is 22.7 Å². The molecule has 0 aliphatic rings. The molecule has 0 saturated heterocycles. The number of nitrogens with one attached hydrogen (secondary N) is 1. The minimum absolute atomic E-state index is 0.0129. The van der Waals surface area contributed by atoms with Crippen LogP contribution in [0, 0.1) is 5.92 Å². The van der Waals surface area contributed by atoms with Crippen molar-refractivity contribution in [1.29, 1.82) is 0 Å². The number of carbonyl (C=O) groups is 2. The second kappa shape index (κ2) is 9.95. The lowest BCUT2D eigenvalue weighted by Gasteiger charge is -2.21. The van der Waals surface area contributed by atoms with Gasteiger partial charge >= 0.3 is 5.97 Å². The SMILES string of the molecule is COC(=O)[C@H](CC(C)C)NC(=O)c1ccc(Cl)c(S(=O)(=O)N(C)c2ccccc2)c1. The normalized spacial score (nSPS) is 12.3. The maximum absolute atomic E-state index is 13.1. The Labute approximate surface area is 182 Å². The number of rotatable bonds is 8. The first-order chi connectivity index (χ1) is 14.1. The summed E-state index contributed by atoms with van der Waals surface area (Å²) in [7, 11) is -1.37. The van der Waals surface area contributed by atoms with Gasteiger partial charge in [-0.15, -0.1) is 0 Å². The molecule has 0 radical (unpaired) electrons. The summed E-state index contributed by atoms with van der Waals surface area (Å²) in [6, 6.07) is 11.6. The van der Waals surface area contributed by atoms with Crippen LogP contribution in [-0.2, 0) is 19.6 Å². The van der Waals surface area contributed by atoms with Gasteiger partial charge in [-0.3, -0.25) is 9.10 Å². The van der Waals surface area contributed by atoms with E-state index in [0.29, 0.717) is 12.1 Å². The van der Waals surface area contributed by atoms with Crippen molar-refractivity contribution in [2.45, 2.75) is 31.2 Å². The summed E-state index contributed by atoms with van der Waals surface area (Å²) in [5.41, 5.74) is 0.517. The van der Waals surface area contributed by atoms with Gasteiger partial charge in [0.15, 0.2) is 0 Å². The number of carbonyl (C=O) groups excluding carboxylic acids is 2. The molecule has 0 saturated carbocycles. The van der Waals surface area contributed by atoms with E-state index in [1.165, 1.54) is 32.4 Å². The second-order valence-corrected chi connectivity index (χ2v) is 9.48. The highest BCUT2D eigenvalue weighted by atomic mass is 35.5. The van der Waals surface area contributed by atoms with Gasteiger partial charge in [-0.25, -0.2) is 13.2 Å². The van der Waals surface area contributed by atoms with E-state index in [0.717, 1.165) is 4.31 Å². The van der Waals surface area contributed by atoms with Crippen LogP contribution in [0.25, 0.3) is 0 Å². The predicted molar refractivity (Wildman–Crippen MR) is 116 cm³/mol. The molecular formula is C21H25ClN2O5S. The monoisotopic (exact) mass is 452 g/mol. The molecule has 30 heavy (non-hydrogen) atoms. The number of para-hydroxylation sites is 1. The second-order valence-electron chi connectivity index (χ2n) is 7.13. The van der Waals surface area contributed by atoms with Crippen LogP contribution in [0.1, 0.15) is 30.6 Å². The number of ether oxygens (including phenoxy) is 1. The number of halogens is 1. The van der Waals surface area contributed by atoms with Crippen molar-refractivity contribution in [3.8, 4) is 0 Å². The Balaban J connectivity index is 2.36. The molecule has 2 aromatic rings. The number of nitrogens with zero attached hydrogens (tertiary/aromatic N) is 1. The highest BCUT2D eigenvalue weighted by molar-refractivity contribution is 7.93. The Morgan fingerprint density at radius 3 is 2.33 bits per heavy atom. The van der Waals surface area contributed by atoms with E-state index in [4.69, 9.17) is 16.3 Å². The molecule has 0 spiro atoms. The van der Waals surface area contributed by atoms with Crippen LogP contribution in [-0.4, -0.2) is 40.5 Å². The summed E-state index contributed by atoms with van der Waals surface area (Å²) in [4.78, 5) is 24.5. The summed E-state index contributed by atoms with van der Waals surface area (Å²) >= 11 is 6.15. The molecule has 0 heterocycles. The highest BCUT2D eigenvalue weighted by Gasteiger charge is 2.27. The summed E-state index contributed by atoms with van der Waals surface area (Å²) in [5.74, 6) is -1.03. The third-order valence-electron chi connectivity index (χ3n) is 4.45. The van der Waals surface area contributed by atoms with Gasteiger partial charge in [0.05, 0.1) is 17.8 Å². The van der Waals surface area contributed by atoms with E-state index >= 15 is 0 Å². The largest absolute Gasteiger partial charge is 0.467 e. The Morgan fingerprint density at radius 1 is 1.13 bits per heavy atom. The van der Waals surface area contributed by atoms with E-state index < -0.39 is 27.9 Å². The fourth-order valence-electron chi connectivity index (χ4n) is 2.84. The third-order valence-corrected chi connectivity index (χ3v) is 6.72. The minimum Gasteiger partial charge on any atom is -0.467 e. The van der Waals surface area contributed by atoms with Crippen molar-refractivity contribution in [2.75, 3.05) is 18.5 Å². The number of hydrogen-bond donors (Lipinski definition) is 1. The Kier molecular flexibility index (Phi) is 7.86. The van der Waals surface area contributed by atoms with Crippen LogP contribution in [0.5, 0.6) is 0 Å². The number of methoxy groups -OCH3 is 1. The van der Waals surface area contributed by atoms with Crippen LogP contribution in [0.3, 0.4) is 0 Å². The average molecular weight is 453 g/mol. The number of hydrogen-bond acceptors (Lipinski definition) is 5. The first-order valence-electron chi connectivity index (χ1n) is 9.30. The molecule has 1 N–H and O–H groups in total. The maximum Gasteiger partial charge on any atom is 0.328 e. The van der Waals surface area contributed by atoms with Crippen molar-refractivity contribution in [3.05, 3.63) is 59.1 Å².